The van der Waals surface area contributed by atoms with E-state index < -0.39 is 0 Å². The fourth-order valence-electron chi connectivity index (χ4n) is 2.69. The minimum atomic E-state index is -0.00973. The highest BCUT2D eigenvalue weighted by atomic mass is 16.5. The van der Waals surface area contributed by atoms with Crippen molar-refractivity contribution in [2.45, 2.75) is 97.8 Å². The van der Waals surface area contributed by atoms with Crippen LogP contribution in [0.4, 0.5) is 0 Å². The lowest BCUT2D eigenvalue weighted by Crippen LogP contribution is -2.30. The second-order valence-electron chi connectivity index (χ2n) is 6.64. The van der Waals surface area contributed by atoms with Crippen LogP contribution >= 0.6 is 0 Å². The lowest BCUT2D eigenvalue weighted by atomic mass is 10.1. The molecule has 0 atom stereocenters. The third kappa shape index (κ3) is 16.1. The first-order valence-corrected chi connectivity index (χ1v) is 10.1. The standard InChI is InChI=1S/C20H41NO2/c1-4-7-10-11-12-13-14-15-20(22)23-19-18-21(16-8-5-2)17-9-6-3/h4-19H2,1-3H3. The van der Waals surface area contributed by atoms with Gasteiger partial charge in [0.05, 0.1) is 0 Å². The summed E-state index contributed by atoms with van der Waals surface area (Å²) in [5.74, 6) is -0.00973. The molecule has 3 heteroatoms. The molecular weight excluding hydrogens is 286 g/mol. The van der Waals surface area contributed by atoms with Crippen molar-refractivity contribution in [1.82, 2.24) is 4.90 Å². The third-order valence-electron chi connectivity index (χ3n) is 4.31. The molecule has 0 spiro atoms. The van der Waals surface area contributed by atoms with Crippen molar-refractivity contribution in [3.8, 4) is 0 Å². The minimum Gasteiger partial charge on any atom is -0.464 e. The Kier molecular flexibility index (Phi) is 17.3. The van der Waals surface area contributed by atoms with E-state index in [0.717, 1.165) is 32.5 Å². The SMILES string of the molecule is CCCCCCCCCC(=O)OCCN(CCCC)CCCC. The largest absolute Gasteiger partial charge is 0.464 e. The van der Waals surface area contributed by atoms with Crippen molar-refractivity contribution < 1.29 is 9.53 Å². The zero-order valence-electron chi connectivity index (χ0n) is 16.1. The number of unbranched alkanes of at least 4 members (excludes halogenated alkanes) is 8. The summed E-state index contributed by atoms with van der Waals surface area (Å²) in [6.45, 7) is 10.4. The van der Waals surface area contributed by atoms with Gasteiger partial charge >= 0.3 is 5.97 Å². The van der Waals surface area contributed by atoms with Gasteiger partial charge in [0.15, 0.2) is 0 Å². The Hall–Kier alpha value is -0.570. The van der Waals surface area contributed by atoms with Crippen LogP contribution in [-0.2, 0) is 9.53 Å². The summed E-state index contributed by atoms with van der Waals surface area (Å²) in [6, 6.07) is 0. The van der Waals surface area contributed by atoms with E-state index >= 15 is 0 Å². The summed E-state index contributed by atoms with van der Waals surface area (Å²) in [5.41, 5.74) is 0. The Morgan fingerprint density at radius 1 is 0.696 bits per heavy atom. The maximum atomic E-state index is 11.7. The van der Waals surface area contributed by atoms with Crippen molar-refractivity contribution in [2.24, 2.45) is 0 Å². The van der Waals surface area contributed by atoms with E-state index in [2.05, 4.69) is 25.7 Å². The van der Waals surface area contributed by atoms with E-state index in [1.807, 2.05) is 0 Å². The molecule has 23 heavy (non-hydrogen) atoms. The fourth-order valence-corrected chi connectivity index (χ4v) is 2.69. The quantitative estimate of drug-likeness (QED) is 0.258. The van der Waals surface area contributed by atoms with Crippen molar-refractivity contribution in [1.29, 1.82) is 0 Å². The maximum absolute atomic E-state index is 11.7. The predicted octanol–water partition coefficient (Wildman–Crippen LogP) is 5.57. The molecule has 0 saturated heterocycles. The Balaban J connectivity index is 3.57. The monoisotopic (exact) mass is 327 g/mol. The van der Waals surface area contributed by atoms with Gasteiger partial charge in [0.1, 0.15) is 6.61 Å². The van der Waals surface area contributed by atoms with Crippen molar-refractivity contribution >= 4 is 5.97 Å². The highest BCUT2D eigenvalue weighted by molar-refractivity contribution is 5.69. The van der Waals surface area contributed by atoms with E-state index in [-0.39, 0.29) is 5.97 Å². The van der Waals surface area contributed by atoms with Crippen LogP contribution in [0.1, 0.15) is 97.8 Å². The molecule has 0 aliphatic heterocycles. The van der Waals surface area contributed by atoms with Gasteiger partial charge in [-0.3, -0.25) is 9.69 Å². The average molecular weight is 328 g/mol. The van der Waals surface area contributed by atoms with Gasteiger partial charge in [-0.1, -0.05) is 72.1 Å². The van der Waals surface area contributed by atoms with Gasteiger partial charge in [0.25, 0.3) is 0 Å². The zero-order chi connectivity index (χ0) is 17.2. The molecule has 0 aromatic heterocycles. The van der Waals surface area contributed by atoms with E-state index in [1.165, 1.54) is 57.8 Å². The summed E-state index contributed by atoms with van der Waals surface area (Å²) in [7, 11) is 0. The highest BCUT2D eigenvalue weighted by Gasteiger charge is 2.07. The van der Waals surface area contributed by atoms with Gasteiger partial charge in [-0.25, -0.2) is 0 Å². The zero-order valence-corrected chi connectivity index (χ0v) is 16.1. The van der Waals surface area contributed by atoms with Crippen LogP contribution in [0.25, 0.3) is 0 Å². The van der Waals surface area contributed by atoms with Crippen LogP contribution in [0.3, 0.4) is 0 Å². The summed E-state index contributed by atoms with van der Waals surface area (Å²) in [4.78, 5) is 14.2. The first-order chi connectivity index (χ1) is 11.2. The summed E-state index contributed by atoms with van der Waals surface area (Å²) in [6.07, 6.45) is 14.2. The second-order valence-corrected chi connectivity index (χ2v) is 6.64. The molecule has 0 radical (unpaired) electrons. The Labute approximate surface area is 145 Å². The molecule has 0 fully saturated rings. The molecule has 0 aliphatic carbocycles. The summed E-state index contributed by atoms with van der Waals surface area (Å²) < 4.78 is 5.40. The molecule has 0 bridgehead atoms. The maximum Gasteiger partial charge on any atom is 0.305 e. The molecule has 0 unspecified atom stereocenters. The van der Waals surface area contributed by atoms with Crippen LogP contribution in [-0.4, -0.2) is 37.1 Å². The van der Waals surface area contributed by atoms with Crippen LogP contribution in [0, 0.1) is 0 Å². The molecule has 0 saturated carbocycles. The molecule has 0 rings (SSSR count). The van der Waals surface area contributed by atoms with Crippen molar-refractivity contribution in [3.05, 3.63) is 0 Å². The lowest BCUT2D eigenvalue weighted by molar-refractivity contribution is -0.144. The van der Waals surface area contributed by atoms with Gasteiger partial charge in [-0.2, -0.15) is 0 Å². The van der Waals surface area contributed by atoms with Gasteiger partial charge in [0.2, 0.25) is 0 Å². The molecule has 3 nitrogen and oxygen atoms in total. The van der Waals surface area contributed by atoms with E-state index in [4.69, 9.17) is 4.74 Å². The number of esters is 1. The van der Waals surface area contributed by atoms with Crippen LogP contribution in [0.2, 0.25) is 0 Å². The summed E-state index contributed by atoms with van der Waals surface area (Å²) >= 11 is 0. The van der Waals surface area contributed by atoms with Crippen LogP contribution < -0.4 is 0 Å². The van der Waals surface area contributed by atoms with Gasteiger partial charge in [-0.15, -0.1) is 0 Å². The molecule has 0 aromatic rings. The van der Waals surface area contributed by atoms with Gasteiger partial charge in [-0.05, 0) is 32.4 Å². The molecule has 0 amide bonds. The Bertz CT molecular complexity index is 248. The molecule has 0 N–H and O–H groups in total. The van der Waals surface area contributed by atoms with Crippen molar-refractivity contribution in [2.75, 3.05) is 26.2 Å². The topological polar surface area (TPSA) is 29.5 Å². The van der Waals surface area contributed by atoms with Crippen molar-refractivity contribution in [3.63, 3.8) is 0 Å². The number of hydrogen-bond donors (Lipinski definition) is 0. The minimum absolute atomic E-state index is 0.00973. The highest BCUT2D eigenvalue weighted by Crippen LogP contribution is 2.09. The number of ether oxygens (including phenoxy) is 1. The average Bonchev–Trinajstić information content (AvgIpc) is 2.56. The molecule has 0 aromatic carbocycles. The lowest BCUT2D eigenvalue weighted by Gasteiger charge is -2.21. The van der Waals surface area contributed by atoms with Crippen LogP contribution in [0.5, 0.6) is 0 Å². The number of hydrogen-bond acceptors (Lipinski definition) is 3. The Morgan fingerprint density at radius 2 is 1.22 bits per heavy atom. The number of carbonyl (C=O) groups is 1. The molecule has 0 aliphatic rings. The first kappa shape index (κ1) is 22.4. The number of rotatable bonds is 17. The fraction of sp³-hybridized carbons (Fsp3) is 0.950. The summed E-state index contributed by atoms with van der Waals surface area (Å²) in [5, 5.41) is 0. The predicted molar refractivity (Wildman–Crippen MR) is 99.8 cm³/mol. The van der Waals surface area contributed by atoms with Gasteiger partial charge in [0, 0.05) is 13.0 Å². The van der Waals surface area contributed by atoms with E-state index in [1.54, 1.807) is 0 Å². The number of carbonyl (C=O) groups excluding carboxylic acids is 1. The second kappa shape index (κ2) is 17.8. The normalized spacial score (nSPS) is 11.1. The smallest absolute Gasteiger partial charge is 0.305 e. The van der Waals surface area contributed by atoms with E-state index in [0.29, 0.717) is 13.0 Å². The van der Waals surface area contributed by atoms with Gasteiger partial charge < -0.3 is 4.74 Å². The first-order valence-electron chi connectivity index (χ1n) is 10.1. The third-order valence-corrected chi connectivity index (χ3v) is 4.31. The van der Waals surface area contributed by atoms with E-state index in [9.17, 15) is 4.79 Å². The Morgan fingerprint density at radius 3 is 1.78 bits per heavy atom. The number of nitrogens with zero attached hydrogens (tertiary/aromatic N) is 1. The molecular formula is C20H41NO2. The molecule has 138 valence electrons. The van der Waals surface area contributed by atoms with Crippen LogP contribution in [0.15, 0.2) is 0 Å². The molecule has 0 heterocycles.